The number of carbonyl (C=O) groups is 1. The third-order valence-electron chi connectivity index (χ3n) is 3.18. The van der Waals surface area contributed by atoms with Crippen molar-refractivity contribution in [3.8, 4) is 17.2 Å². The van der Waals surface area contributed by atoms with Gasteiger partial charge >= 0.3 is 5.97 Å². The zero-order valence-electron chi connectivity index (χ0n) is 13.2. The topological polar surface area (TPSA) is 44.8 Å². The van der Waals surface area contributed by atoms with Gasteiger partial charge in [-0.05, 0) is 39.0 Å². The van der Waals surface area contributed by atoms with Crippen LogP contribution in [0.1, 0.15) is 26.3 Å². The second-order valence-electron chi connectivity index (χ2n) is 4.76. The largest absolute Gasteiger partial charge is 0.490 e. The number of ether oxygens (including phenoxy) is 3. The minimum atomic E-state index is -0.393. The first-order valence-corrected chi connectivity index (χ1v) is 7.57. The van der Waals surface area contributed by atoms with Crippen LogP contribution in [0.3, 0.4) is 0 Å². The van der Waals surface area contributed by atoms with Crippen molar-refractivity contribution in [2.75, 3.05) is 13.2 Å². The predicted molar refractivity (Wildman–Crippen MR) is 87.3 cm³/mol. The van der Waals surface area contributed by atoms with Crippen molar-refractivity contribution in [1.82, 2.24) is 0 Å². The van der Waals surface area contributed by atoms with Crippen molar-refractivity contribution in [3.05, 3.63) is 28.8 Å². The van der Waals surface area contributed by atoms with Crippen molar-refractivity contribution in [1.29, 1.82) is 0 Å². The fraction of sp³-hybridized carbons (Fsp3) is 0.353. The van der Waals surface area contributed by atoms with E-state index in [4.69, 9.17) is 25.8 Å². The van der Waals surface area contributed by atoms with Crippen molar-refractivity contribution in [3.63, 3.8) is 0 Å². The molecule has 22 heavy (non-hydrogen) atoms. The lowest BCUT2D eigenvalue weighted by atomic mass is 10.0. The first-order chi connectivity index (χ1) is 10.5. The van der Waals surface area contributed by atoms with Gasteiger partial charge < -0.3 is 14.2 Å². The second-order valence-corrected chi connectivity index (χ2v) is 5.20. The number of fused-ring (bicyclic) bond motifs is 1. The van der Waals surface area contributed by atoms with E-state index in [1.165, 1.54) is 6.92 Å². The summed E-state index contributed by atoms with van der Waals surface area (Å²) >= 11 is 6.10. The summed E-state index contributed by atoms with van der Waals surface area (Å²) in [4.78, 5) is 11.4. The van der Waals surface area contributed by atoms with Crippen LogP contribution >= 0.6 is 11.6 Å². The van der Waals surface area contributed by atoms with Crippen LogP contribution in [0.5, 0.6) is 17.2 Å². The summed E-state index contributed by atoms with van der Waals surface area (Å²) in [5.41, 5.74) is 0.718. The molecule has 4 nitrogen and oxygen atoms in total. The molecule has 2 rings (SSSR count). The van der Waals surface area contributed by atoms with Gasteiger partial charge in [0.1, 0.15) is 5.75 Å². The highest BCUT2D eigenvalue weighted by molar-refractivity contribution is 6.31. The van der Waals surface area contributed by atoms with E-state index in [1.807, 2.05) is 26.8 Å². The van der Waals surface area contributed by atoms with Gasteiger partial charge in [0, 0.05) is 28.3 Å². The molecule has 0 heterocycles. The molecule has 118 valence electrons. The lowest BCUT2D eigenvalue weighted by molar-refractivity contribution is -0.131. The van der Waals surface area contributed by atoms with Crippen molar-refractivity contribution in [2.24, 2.45) is 0 Å². The van der Waals surface area contributed by atoms with Crippen molar-refractivity contribution in [2.45, 2.75) is 27.7 Å². The standard InChI is InChI=1S/C17H19ClO4/c1-5-20-16-10(3)15(22-11(4)19)14-9-12(18)7-8-13(14)17(16)21-6-2/h7-9H,5-6H2,1-4H3. The normalized spacial score (nSPS) is 10.6. The Morgan fingerprint density at radius 2 is 1.68 bits per heavy atom. The van der Waals surface area contributed by atoms with Gasteiger partial charge in [0.15, 0.2) is 11.5 Å². The molecule has 0 radical (unpaired) electrons. The lowest BCUT2D eigenvalue weighted by Gasteiger charge is -2.19. The second kappa shape index (κ2) is 6.88. The summed E-state index contributed by atoms with van der Waals surface area (Å²) in [6, 6.07) is 5.38. The van der Waals surface area contributed by atoms with Gasteiger partial charge in [0.05, 0.1) is 13.2 Å². The number of halogens is 1. The zero-order valence-corrected chi connectivity index (χ0v) is 13.9. The fourth-order valence-electron chi connectivity index (χ4n) is 2.38. The van der Waals surface area contributed by atoms with Gasteiger partial charge in [-0.1, -0.05) is 11.6 Å². The average Bonchev–Trinajstić information content (AvgIpc) is 2.47. The van der Waals surface area contributed by atoms with Crippen LogP contribution in [0, 0.1) is 6.92 Å². The molecule has 0 spiro atoms. The Morgan fingerprint density at radius 1 is 1.05 bits per heavy atom. The van der Waals surface area contributed by atoms with Gasteiger partial charge in [-0.25, -0.2) is 0 Å². The SMILES string of the molecule is CCOc1c(C)c(OC(C)=O)c2cc(Cl)ccc2c1OCC. The van der Waals surface area contributed by atoms with Crippen LogP contribution in [-0.2, 0) is 4.79 Å². The Labute approximate surface area is 134 Å². The fourth-order valence-corrected chi connectivity index (χ4v) is 2.55. The number of carbonyl (C=O) groups excluding carboxylic acids is 1. The Kier molecular flexibility index (Phi) is 5.14. The van der Waals surface area contributed by atoms with Gasteiger partial charge in [0.2, 0.25) is 0 Å². The van der Waals surface area contributed by atoms with Gasteiger partial charge in [-0.15, -0.1) is 0 Å². The van der Waals surface area contributed by atoms with Crippen LogP contribution in [0.15, 0.2) is 18.2 Å². The molecule has 0 fully saturated rings. The van der Waals surface area contributed by atoms with E-state index in [9.17, 15) is 4.79 Å². The van der Waals surface area contributed by atoms with E-state index in [2.05, 4.69) is 0 Å². The molecule has 2 aromatic rings. The first-order valence-electron chi connectivity index (χ1n) is 7.19. The first kappa shape index (κ1) is 16.4. The lowest BCUT2D eigenvalue weighted by Crippen LogP contribution is -2.07. The Morgan fingerprint density at radius 3 is 2.27 bits per heavy atom. The highest BCUT2D eigenvalue weighted by Crippen LogP contribution is 2.46. The third-order valence-corrected chi connectivity index (χ3v) is 3.42. The summed E-state index contributed by atoms with van der Waals surface area (Å²) in [6.45, 7) is 8.00. The third kappa shape index (κ3) is 3.12. The van der Waals surface area contributed by atoms with Crippen LogP contribution in [0.2, 0.25) is 5.02 Å². The predicted octanol–water partition coefficient (Wildman–Crippen LogP) is 4.52. The van der Waals surface area contributed by atoms with Crippen LogP contribution in [-0.4, -0.2) is 19.2 Å². The van der Waals surface area contributed by atoms with Gasteiger partial charge in [-0.2, -0.15) is 0 Å². The molecule has 5 heteroatoms. The molecule has 0 amide bonds. The van der Waals surface area contributed by atoms with E-state index in [0.29, 0.717) is 35.5 Å². The maximum atomic E-state index is 11.4. The highest BCUT2D eigenvalue weighted by Gasteiger charge is 2.21. The molecule has 0 unspecified atom stereocenters. The van der Waals surface area contributed by atoms with E-state index >= 15 is 0 Å². The average molecular weight is 323 g/mol. The molecule has 0 aromatic heterocycles. The number of hydrogen-bond donors (Lipinski definition) is 0. The van der Waals surface area contributed by atoms with Gasteiger partial charge in [0.25, 0.3) is 0 Å². The highest BCUT2D eigenvalue weighted by atomic mass is 35.5. The van der Waals surface area contributed by atoms with E-state index in [1.54, 1.807) is 12.1 Å². The van der Waals surface area contributed by atoms with Crippen LogP contribution in [0.25, 0.3) is 10.8 Å². The van der Waals surface area contributed by atoms with E-state index in [0.717, 1.165) is 16.3 Å². The molecule has 0 aliphatic rings. The molecule has 0 aliphatic carbocycles. The van der Waals surface area contributed by atoms with Gasteiger partial charge in [-0.3, -0.25) is 4.79 Å². The summed E-state index contributed by atoms with van der Waals surface area (Å²) in [6.07, 6.45) is 0. The molecule has 0 atom stereocenters. The molecule has 0 bridgehead atoms. The number of benzene rings is 2. The Hall–Kier alpha value is -1.94. The molecule has 0 aliphatic heterocycles. The quantitative estimate of drug-likeness (QED) is 0.599. The van der Waals surface area contributed by atoms with Crippen LogP contribution in [0.4, 0.5) is 0 Å². The number of hydrogen-bond acceptors (Lipinski definition) is 4. The molecule has 2 aromatic carbocycles. The molecule has 0 saturated carbocycles. The van der Waals surface area contributed by atoms with E-state index < -0.39 is 5.97 Å². The molecule has 0 N–H and O–H groups in total. The van der Waals surface area contributed by atoms with Crippen molar-refractivity contribution < 1.29 is 19.0 Å². The maximum Gasteiger partial charge on any atom is 0.308 e. The molecular formula is C17H19ClO4. The van der Waals surface area contributed by atoms with E-state index in [-0.39, 0.29) is 0 Å². The number of rotatable bonds is 5. The summed E-state index contributed by atoms with van der Waals surface area (Å²) in [5.74, 6) is 1.30. The summed E-state index contributed by atoms with van der Waals surface area (Å²) in [7, 11) is 0. The smallest absolute Gasteiger partial charge is 0.308 e. The molecule has 0 saturated heterocycles. The van der Waals surface area contributed by atoms with Crippen LogP contribution < -0.4 is 14.2 Å². The zero-order chi connectivity index (χ0) is 16.3. The summed E-state index contributed by atoms with van der Waals surface area (Å²) in [5, 5.41) is 2.09. The number of esters is 1. The minimum Gasteiger partial charge on any atom is -0.490 e. The Bertz CT molecular complexity index is 710. The minimum absolute atomic E-state index is 0.393. The monoisotopic (exact) mass is 322 g/mol. The van der Waals surface area contributed by atoms with Crippen molar-refractivity contribution >= 4 is 28.3 Å². The summed E-state index contributed by atoms with van der Waals surface area (Å²) < 4.78 is 16.9. The Balaban J connectivity index is 2.85. The molecular weight excluding hydrogens is 304 g/mol. The maximum absolute atomic E-state index is 11.4.